The number of hydrogen-bond acceptors (Lipinski definition) is 2. The highest BCUT2D eigenvalue weighted by Gasteiger charge is 2.16. The van der Waals surface area contributed by atoms with Crippen molar-refractivity contribution < 1.29 is 5.11 Å². The zero-order chi connectivity index (χ0) is 10.7. The zero-order valence-electron chi connectivity index (χ0n) is 8.67. The molecule has 0 bridgehead atoms. The fraction of sp³-hybridized carbons (Fsp3) is 0.500. The third kappa shape index (κ3) is 2.52. The van der Waals surface area contributed by atoms with Gasteiger partial charge in [0.15, 0.2) is 0 Å². The Bertz CT molecular complexity index is 334. The maximum absolute atomic E-state index is 9.30. The molecular formula is C12H16BrNO. The van der Waals surface area contributed by atoms with E-state index < -0.39 is 0 Å². The number of anilines is 1. The molecule has 0 aliphatic heterocycles. The van der Waals surface area contributed by atoms with Crippen LogP contribution in [0.4, 0.5) is 5.69 Å². The number of benzene rings is 1. The smallest absolute Gasteiger partial charge is 0.0713 e. The van der Waals surface area contributed by atoms with Crippen LogP contribution < -0.4 is 5.32 Å². The van der Waals surface area contributed by atoms with Crippen molar-refractivity contribution in [2.45, 2.75) is 38.3 Å². The van der Waals surface area contributed by atoms with Crippen LogP contribution in [0.1, 0.15) is 31.2 Å². The van der Waals surface area contributed by atoms with Crippen molar-refractivity contribution in [1.29, 1.82) is 0 Å². The Morgan fingerprint density at radius 2 is 2.07 bits per heavy atom. The molecule has 82 valence electrons. The molecule has 0 heterocycles. The highest BCUT2D eigenvalue weighted by atomic mass is 79.9. The number of aliphatic hydroxyl groups is 1. The molecule has 0 saturated heterocycles. The molecule has 1 aromatic carbocycles. The minimum atomic E-state index is 0.0798. The van der Waals surface area contributed by atoms with Crippen LogP contribution in [0.5, 0.6) is 0 Å². The van der Waals surface area contributed by atoms with Crippen LogP contribution in [-0.2, 0) is 6.61 Å². The fourth-order valence-corrected chi connectivity index (χ4v) is 2.64. The molecule has 15 heavy (non-hydrogen) atoms. The Hall–Kier alpha value is -0.540. The molecule has 1 saturated carbocycles. The van der Waals surface area contributed by atoms with Gasteiger partial charge in [-0.25, -0.2) is 0 Å². The minimum absolute atomic E-state index is 0.0798. The van der Waals surface area contributed by atoms with Crippen molar-refractivity contribution in [2.75, 3.05) is 5.32 Å². The maximum atomic E-state index is 9.30. The Labute approximate surface area is 98.8 Å². The van der Waals surface area contributed by atoms with Crippen LogP contribution in [-0.4, -0.2) is 11.1 Å². The lowest BCUT2D eigenvalue weighted by atomic mass is 10.1. The van der Waals surface area contributed by atoms with Gasteiger partial charge >= 0.3 is 0 Å². The van der Waals surface area contributed by atoms with Crippen molar-refractivity contribution >= 4 is 21.6 Å². The highest BCUT2D eigenvalue weighted by Crippen LogP contribution is 2.28. The second-order valence-electron chi connectivity index (χ2n) is 4.05. The highest BCUT2D eigenvalue weighted by molar-refractivity contribution is 9.10. The van der Waals surface area contributed by atoms with E-state index in [4.69, 9.17) is 0 Å². The Kier molecular flexibility index (Phi) is 3.65. The van der Waals surface area contributed by atoms with Crippen molar-refractivity contribution in [3.8, 4) is 0 Å². The van der Waals surface area contributed by atoms with E-state index in [1.54, 1.807) is 0 Å². The van der Waals surface area contributed by atoms with Gasteiger partial charge in [0.25, 0.3) is 0 Å². The van der Waals surface area contributed by atoms with Crippen LogP contribution in [0.15, 0.2) is 22.7 Å². The van der Waals surface area contributed by atoms with Gasteiger partial charge in [-0.3, -0.25) is 0 Å². The molecule has 1 aliphatic rings. The van der Waals surface area contributed by atoms with Crippen molar-refractivity contribution in [1.82, 2.24) is 0 Å². The quantitative estimate of drug-likeness (QED) is 0.883. The lowest BCUT2D eigenvalue weighted by Crippen LogP contribution is -2.15. The van der Waals surface area contributed by atoms with Crippen LogP contribution in [0.2, 0.25) is 0 Å². The molecule has 2 rings (SSSR count). The summed E-state index contributed by atoms with van der Waals surface area (Å²) < 4.78 is 0.980. The summed E-state index contributed by atoms with van der Waals surface area (Å²) in [6.07, 6.45) is 5.13. The van der Waals surface area contributed by atoms with Gasteiger partial charge in [0.05, 0.1) is 6.61 Å². The normalized spacial score (nSPS) is 16.9. The monoisotopic (exact) mass is 269 g/mol. The molecule has 0 spiro atoms. The summed E-state index contributed by atoms with van der Waals surface area (Å²) in [4.78, 5) is 0. The van der Waals surface area contributed by atoms with E-state index in [0.29, 0.717) is 6.04 Å². The predicted octanol–water partition coefficient (Wildman–Crippen LogP) is 3.30. The molecule has 3 heteroatoms. The topological polar surface area (TPSA) is 32.3 Å². The van der Waals surface area contributed by atoms with Crippen LogP contribution in [0.3, 0.4) is 0 Å². The third-order valence-corrected chi connectivity index (χ3v) is 3.73. The summed E-state index contributed by atoms with van der Waals surface area (Å²) >= 11 is 3.46. The molecule has 2 N–H and O–H groups in total. The summed E-state index contributed by atoms with van der Waals surface area (Å²) in [5, 5.41) is 12.8. The molecule has 1 aliphatic carbocycles. The van der Waals surface area contributed by atoms with E-state index in [9.17, 15) is 5.11 Å². The average Bonchev–Trinajstić information content (AvgIpc) is 2.71. The fourth-order valence-electron chi connectivity index (χ4n) is 2.14. The van der Waals surface area contributed by atoms with Gasteiger partial charge in [-0.2, -0.15) is 0 Å². The summed E-state index contributed by atoms with van der Waals surface area (Å²) in [6.45, 7) is 0.0798. The van der Waals surface area contributed by atoms with Gasteiger partial charge < -0.3 is 10.4 Å². The Balaban J connectivity index is 2.15. The molecule has 0 atom stereocenters. The SMILES string of the molecule is OCc1c(Br)cccc1NC1CCCC1. The number of hydrogen-bond donors (Lipinski definition) is 2. The second kappa shape index (κ2) is 4.99. The minimum Gasteiger partial charge on any atom is -0.392 e. The Morgan fingerprint density at radius 1 is 1.33 bits per heavy atom. The van der Waals surface area contributed by atoms with Gasteiger partial charge in [0.2, 0.25) is 0 Å². The van der Waals surface area contributed by atoms with Crippen molar-refractivity contribution in [3.05, 3.63) is 28.2 Å². The lowest BCUT2D eigenvalue weighted by molar-refractivity contribution is 0.281. The van der Waals surface area contributed by atoms with E-state index in [1.807, 2.05) is 18.2 Å². The Morgan fingerprint density at radius 3 is 2.73 bits per heavy atom. The first kappa shape index (κ1) is 11.0. The average molecular weight is 270 g/mol. The summed E-state index contributed by atoms with van der Waals surface area (Å²) in [5.41, 5.74) is 2.03. The van der Waals surface area contributed by atoms with Gasteiger partial charge in [-0.15, -0.1) is 0 Å². The molecule has 1 fully saturated rings. The first-order valence-electron chi connectivity index (χ1n) is 5.46. The van der Waals surface area contributed by atoms with Crippen LogP contribution in [0.25, 0.3) is 0 Å². The van der Waals surface area contributed by atoms with E-state index in [-0.39, 0.29) is 6.61 Å². The van der Waals surface area contributed by atoms with E-state index in [0.717, 1.165) is 15.7 Å². The standard InChI is InChI=1S/C12H16BrNO/c13-11-6-3-7-12(10(11)8-15)14-9-4-1-2-5-9/h3,6-7,9,14-15H,1-2,4-5,8H2. The molecule has 1 aromatic rings. The first-order valence-corrected chi connectivity index (χ1v) is 6.25. The number of halogens is 1. The predicted molar refractivity (Wildman–Crippen MR) is 65.9 cm³/mol. The van der Waals surface area contributed by atoms with E-state index in [1.165, 1.54) is 25.7 Å². The summed E-state index contributed by atoms with van der Waals surface area (Å²) in [6, 6.07) is 6.59. The molecule has 0 radical (unpaired) electrons. The van der Waals surface area contributed by atoms with Crippen molar-refractivity contribution in [3.63, 3.8) is 0 Å². The number of nitrogens with one attached hydrogen (secondary N) is 1. The number of rotatable bonds is 3. The first-order chi connectivity index (χ1) is 7.31. The van der Waals surface area contributed by atoms with Gasteiger partial charge in [-0.1, -0.05) is 34.8 Å². The van der Waals surface area contributed by atoms with Crippen molar-refractivity contribution in [2.24, 2.45) is 0 Å². The molecular weight excluding hydrogens is 254 g/mol. The summed E-state index contributed by atoms with van der Waals surface area (Å²) in [5.74, 6) is 0. The van der Waals surface area contributed by atoms with Crippen LogP contribution in [0, 0.1) is 0 Å². The molecule has 2 nitrogen and oxygen atoms in total. The van der Waals surface area contributed by atoms with E-state index in [2.05, 4.69) is 21.2 Å². The summed E-state index contributed by atoms with van der Waals surface area (Å²) in [7, 11) is 0. The van der Waals surface area contributed by atoms with Crippen LogP contribution >= 0.6 is 15.9 Å². The molecule has 0 amide bonds. The third-order valence-electron chi connectivity index (χ3n) is 2.99. The largest absolute Gasteiger partial charge is 0.392 e. The van der Waals surface area contributed by atoms with E-state index >= 15 is 0 Å². The molecule has 0 aromatic heterocycles. The molecule has 0 unspecified atom stereocenters. The van der Waals surface area contributed by atoms with Gasteiger partial charge in [0, 0.05) is 21.8 Å². The van der Waals surface area contributed by atoms with Gasteiger partial charge in [-0.05, 0) is 25.0 Å². The lowest BCUT2D eigenvalue weighted by Gasteiger charge is -2.17. The zero-order valence-corrected chi connectivity index (χ0v) is 10.3. The maximum Gasteiger partial charge on any atom is 0.0713 e. The van der Waals surface area contributed by atoms with Gasteiger partial charge in [0.1, 0.15) is 0 Å². The number of aliphatic hydroxyl groups excluding tert-OH is 1. The second-order valence-corrected chi connectivity index (χ2v) is 4.90.